The lowest BCUT2D eigenvalue weighted by atomic mass is 10.1. The molecule has 1 saturated carbocycles. The van der Waals surface area contributed by atoms with Gasteiger partial charge in [-0.2, -0.15) is 4.68 Å². The van der Waals surface area contributed by atoms with E-state index < -0.39 is 0 Å². The van der Waals surface area contributed by atoms with E-state index in [1.807, 2.05) is 15.3 Å². The lowest BCUT2D eigenvalue weighted by molar-refractivity contribution is -0.917. The van der Waals surface area contributed by atoms with Gasteiger partial charge in [0, 0.05) is 11.6 Å². The predicted octanol–water partition coefficient (Wildman–Crippen LogP) is 3.84. The minimum absolute atomic E-state index is 0.257. The zero-order valence-electron chi connectivity index (χ0n) is 16.6. The van der Waals surface area contributed by atoms with Gasteiger partial charge in [0.2, 0.25) is 4.77 Å². The van der Waals surface area contributed by atoms with Gasteiger partial charge in [0.05, 0.1) is 12.6 Å². The van der Waals surface area contributed by atoms with Crippen LogP contribution in [0.4, 0.5) is 4.39 Å². The number of aryl methyl sites for hydroxylation is 2. The number of hydrogen-bond donors (Lipinski definition) is 1. The molecule has 1 atom stereocenters. The maximum absolute atomic E-state index is 14.4. The topological polar surface area (TPSA) is 27.2 Å². The summed E-state index contributed by atoms with van der Waals surface area (Å²) in [5.41, 5.74) is 4.43. The summed E-state index contributed by atoms with van der Waals surface area (Å²) in [7, 11) is 2.14. The van der Waals surface area contributed by atoms with E-state index in [0.717, 1.165) is 19.4 Å². The maximum Gasteiger partial charge on any atom is 0.203 e. The van der Waals surface area contributed by atoms with Gasteiger partial charge in [-0.05, 0) is 56.6 Å². The molecule has 1 fully saturated rings. The van der Waals surface area contributed by atoms with Gasteiger partial charge in [0.25, 0.3) is 0 Å². The van der Waals surface area contributed by atoms with Crippen LogP contribution in [0.25, 0.3) is 11.4 Å². The number of quaternary nitrogens is 1. The first kappa shape index (κ1) is 19.0. The second kappa shape index (κ2) is 7.60. The fourth-order valence-electron chi connectivity index (χ4n) is 3.69. The molecule has 1 heterocycles. The lowest BCUT2D eigenvalue weighted by Crippen LogP contribution is -3.07. The minimum Gasteiger partial charge on any atom is -0.315 e. The number of nitrogens with one attached hydrogen (secondary N) is 1. The first-order chi connectivity index (χ1) is 13.4. The van der Waals surface area contributed by atoms with Gasteiger partial charge >= 0.3 is 0 Å². The Labute approximate surface area is 170 Å². The normalized spacial score (nSPS) is 15.0. The fraction of sp³-hybridized carbons (Fsp3) is 0.364. The molecular weight excluding hydrogens is 371 g/mol. The number of benzene rings is 2. The Morgan fingerprint density at radius 1 is 1.18 bits per heavy atom. The summed E-state index contributed by atoms with van der Waals surface area (Å²) in [6, 6.07) is 13.7. The molecule has 2 aromatic carbocycles. The molecule has 0 saturated heterocycles. The molecule has 1 aliphatic rings. The Bertz CT molecular complexity index is 1060. The SMILES string of the molecule is Cc1ccc(C[NH+](C)Cn2nc(-c3ccccc3F)n(C3CC3)c2=S)c(C)c1. The summed E-state index contributed by atoms with van der Waals surface area (Å²) < 4.78 is 19.0. The molecule has 4 nitrogen and oxygen atoms in total. The van der Waals surface area contributed by atoms with Gasteiger partial charge in [-0.3, -0.25) is 4.57 Å². The summed E-state index contributed by atoms with van der Waals surface area (Å²) in [5.74, 6) is 0.387. The van der Waals surface area contributed by atoms with Crippen LogP contribution < -0.4 is 4.90 Å². The minimum atomic E-state index is -0.257. The van der Waals surface area contributed by atoms with E-state index in [9.17, 15) is 4.39 Å². The van der Waals surface area contributed by atoms with Crippen molar-refractivity contribution in [1.82, 2.24) is 14.3 Å². The van der Waals surface area contributed by atoms with Gasteiger partial charge in [-0.1, -0.05) is 35.9 Å². The highest BCUT2D eigenvalue weighted by Crippen LogP contribution is 2.38. The van der Waals surface area contributed by atoms with Crippen molar-refractivity contribution < 1.29 is 9.29 Å². The van der Waals surface area contributed by atoms with Gasteiger partial charge in [0.1, 0.15) is 12.4 Å². The van der Waals surface area contributed by atoms with Crippen LogP contribution in [-0.2, 0) is 13.2 Å². The number of aromatic nitrogens is 3. The van der Waals surface area contributed by atoms with Crippen molar-refractivity contribution >= 4 is 12.2 Å². The first-order valence-electron chi connectivity index (χ1n) is 9.75. The Balaban J connectivity index is 1.62. The standard InChI is InChI=1S/C22H25FN4S/c1-15-8-9-17(16(2)12-15)13-25(3)14-26-22(28)27(18-10-11-18)21(24-26)19-6-4-5-7-20(19)23/h4-9,12,18H,10-11,13-14H2,1-3H3/p+1. The van der Waals surface area contributed by atoms with Crippen molar-refractivity contribution in [3.63, 3.8) is 0 Å². The third-order valence-corrected chi connectivity index (χ3v) is 5.71. The number of halogens is 1. The van der Waals surface area contributed by atoms with Crippen LogP contribution in [0, 0.1) is 24.4 Å². The number of nitrogens with zero attached hydrogens (tertiary/aromatic N) is 3. The van der Waals surface area contributed by atoms with E-state index in [1.165, 1.54) is 27.7 Å². The Morgan fingerprint density at radius 3 is 2.61 bits per heavy atom. The average molecular weight is 398 g/mol. The van der Waals surface area contributed by atoms with Crippen LogP contribution in [0.2, 0.25) is 0 Å². The quantitative estimate of drug-likeness (QED) is 0.640. The Hall–Kier alpha value is -2.31. The average Bonchev–Trinajstić information content (AvgIpc) is 3.43. The Kier molecular flexibility index (Phi) is 5.17. The summed E-state index contributed by atoms with van der Waals surface area (Å²) in [5, 5.41) is 4.73. The summed E-state index contributed by atoms with van der Waals surface area (Å²) in [6.45, 7) is 5.80. The highest BCUT2D eigenvalue weighted by atomic mass is 32.1. The van der Waals surface area contributed by atoms with Gasteiger partial charge < -0.3 is 4.90 Å². The van der Waals surface area contributed by atoms with Crippen molar-refractivity contribution in [3.05, 3.63) is 69.7 Å². The summed E-state index contributed by atoms with van der Waals surface area (Å²) in [4.78, 5) is 1.28. The van der Waals surface area contributed by atoms with Crippen LogP contribution in [0.3, 0.4) is 0 Å². The summed E-state index contributed by atoms with van der Waals surface area (Å²) in [6.07, 6.45) is 2.15. The molecule has 146 valence electrons. The van der Waals surface area contributed by atoms with Gasteiger partial charge in [-0.25, -0.2) is 4.39 Å². The molecular formula is C22H26FN4S+. The highest BCUT2D eigenvalue weighted by Gasteiger charge is 2.30. The number of rotatable bonds is 6. The molecule has 1 aliphatic carbocycles. The van der Waals surface area contributed by atoms with Crippen LogP contribution in [0.1, 0.15) is 35.6 Å². The molecule has 0 spiro atoms. The van der Waals surface area contributed by atoms with Crippen molar-refractivity contribution in [2.75, 3.05) is 7.05 Å². The van der Waals surface area contributed by atoms with Crippen LogP contribution in [0.15, 0.2) is 42.5 Å². The van der Waals surface area contributed by atoms with E-state index in [-0.39, 0.29) is 5.82 Å². The third-order valence-electron chi connectivity index (χ3n) is 5.31. The lowest BCUT2D eigenvalue weighted by Gasteiger charge is -2.15. The van der Waals surface area contributed by atoms with Crippen molar-refractivity contribution in [2.45, 2.75) is 45.9 Å². The zero-order chi connectivity index (χ0) is 19.8. The summed E-state index contributed by atoms with van der Waals surface area (Å²) >= 11 is 5.73. The molecule has 4 rings (SSSR count). The van der Waals surface area contributed by atoms with E-state index in [1.54, 1.807) is 12.1 Å². The van der Waals surface area contributed by atoms with Crippen molar-refractivity contribution in [1.29, 1.82) is 0 Å². The smallest absolute Gasteiger partial charge is 0.203 e. The molecule has 1 unspecified atom stereocenters. The molecule has 0 amide bonds. The van der Waals surface area contributed by atoms with E-state index in [2.05, 4.69) is 39.1 Å². The van der Waals surface area contributed by atoms with Gasteiger partial charge in [0.15, 0.2) is 12.5 Å². The number of hydrogen-bond acceptors (Lipinski definition) is 2. The molecule has 28 heavy (non-hydrogen) atoms. The molecule has 1 aromatic heterocycles. The molecule has 3 aromatic rings. The van der Waals surface area contributed by atoms with Crippen molar-refractivity contribution in [3.8, 4) is 11.4 Å². The van der Waals surface area contributed by atoms with Gasteiger partial charge in [-0.15, -0.1) is 5.10 Å². The highest BCUT2D eigenvalue weighted by molar-refractivity contribution is 7.71. The van der Waals surface area contributed by atoms with E-state index in [0.29, 0.717) is 28.9 Å². The van der Waals surface area contributed by atoms with Crippen LogP contribution in [0.5, 0.6) is 0 Å². The maximum atomic E-state index is 14.4. The monoisotopic (exact) mass is 397 g/mol. The molecule has 1 N–H and O–H groups in total. The fourth-order valence-corrected chi connectivity index (χ4v) is 4.03. The largest absolute Gasteiger partial charge is 0.315 e. The van der Waals surface area contributed by atoms with Crippen LogP contribution in [-0.4, -0.2) is 21.4 Å². The second-order valence-corrected chi connectivity index (χ2v) is 8.27. The van der Waals surface area contributed by atoms with Crippen molar-refractivity contribution in [2.24, 2.45) is 0 Å². The van der Waals surface area contributed by atoms with E-state index in [4.69, 9.17) is 17.3 Å². The zero-order valence-corrected chi connectivity index (χ0v) is 17.4. The third kappa shape index (κ3) is 3.80. The van der Waals surface area contributed by atoms with E-state index >= 15 is 0 Å². The molecule has 0 aliphatic heterocycles. The Morgan fingerprint density at radius 2 is 1.93 bits per heavy atom. The predicted molar refractivity (Wildman–Crippen MR) is 111 cm³/mol. The van der Waals surface area contributed by atoms with Crippen LogP contribution >= 0.6 is 12.2 Å². The molecule has 0 radical (unpaired) electrons. The first-order valence-corrected chi connectivity index (χ1v) is 10.2. The molecule has 0 bridgehead atoms. The molecule has 6 heteroatoms. The second-order valence-electron chi connectivity index (χ2n) is 7.91.